The Morgan fingerprint density at radius 3 is 2.35 bits per heavy atom. The van der Waals surface area contributed by atoms with Gasteiger partial charge in [0.25, 0.3) is 0 Å². The van der Waals surface area contributed by atoms with Crippen LogP contribution in [-0.2, 0) is 0 Å². The zero-order valence-corrected chi connectivity index (χ0v) is 15.2. The second-order valence-electron chi connectivity index (χ2n) is 6.44. The van der Waals surface area contributed by atoms with Crippen molar-refractivity contribution in [2.45, 2.75) is 13.0 Å². The van der Waals surface area contributed by atoms with Crippen LogP contribution in [0.2, 0.25) is 5.15 Å². The summed E-state index contributed by atoms with van der Waals surface area (Å²) in [6.45, 7) is 2.09. The molecule has 0 aliphatic heterocycles. The van der Waals surface area contributed by atoms with Crippen molar-refractivity contribution in [1.82, 2.24) is 9.97 Å². The highest BCUT2D eigenvalue weighted by molar-refractivity contribution is 6.34. The van der Waals surface area contributed by atoms with Crippen LogP contribution >= 0.6 is 11.6 Å². The predicted molar refractivity (Wildman–Crippen MR) is 107 cm³/mol. The van der Waals surface area contributed by atoms with Crippen LogP contribution in [-0.4, -0.2) is 9.97 Å². The van der Waals surface area contributed by atoms with E-state index in [9.17, 15) is 0 Å². The molecule has 0 saturated heterocycles. The van der Waals surface area contributed by atoms with Gasteiger partial charge in [-0.1, -0.05) is 66.2 Å². The van der Waals surface area contributed by atoms with Crippen LogP contribution in [0, 0.1) is 0 Å². The van der Waals surface area contributed by atoms with Gasteiger partial charge in [0.15, 0.2) is 0 Å². The Morgan fingerprint density at radius 2 is 1.65 bits per heavy atom. The highest BCUT2D eigenvalue weighted by atomic mass is 35.5. The smallest absolute Gasteiger partial charge is 0.138 e. The van der Waals surface area contributed by atoms with E-state index in [2.05, 4.69) is 60.1 Å². The summed E-state index contributed by atoms with van der Waals surface area (Å²) in [5, 5.41) is 1.33. The molecule has 3 N–H and O–H groups in total. The molecule has 0 aliphatic rings. The fourth-order valence-corrected chi connectivity index (χ4v) is 3.30. The van der Waals surface area contributed by atoms with Gasteiger partial charge in [0.2, 0.25) is 0 Å². The number of hydrogen-bond donors (Lipinski definition) is 1. The van der Waals surface area contributed by atoms with Crippen molar-refractivity contribution in [2.24, 2.45) is 0 Å². The number of fused-ring (bicyclic) bond motifs is 1. The maximum atomic E-state index is 6.31. The van der Waals surface area contributed by atoms with Crippen LogP contribution in [0.1, 0.15) is 18.5 Å². The van der Waals surface area contributed by atoms with Gasteiger partial charge in [0, 0.05) is 28.3 Å². The molecular weight excluding hydrogens is 342 g/mol. The summed E-state index contributed by atoms with van der Waals surface area (Å²) in [6, 6.07) is 22.9. The van der Waals surface area contributed by atoms with Crippen molar-refractivity contribution in [3.63, 3.8) is 0 Å². The maximum Gasteiger partial charge on any atom is 0.138 e. The number of aromatic nitrogens is 2. The van der Waals surface area contributed by atoms with E-state index in [-0.39, 0.29) is 6.04 Å². The highest BCUT2D eigenvalue weighted by Crippen LogP contribution is 2.35. The summed E-state index contributed by atoms with van der Waals surface area (Å²) in [4.78, 5) is 9.11. The first-order chi connectivity index (χ1) is 12.6. The average Bonchev–Trinajstić information content (AvgIpc) is 2.68. The molecule has 2 aromatic heterocycles. The lowest BCUT2D eigenvalue weighted by Gasteiger charge is -2.13. The molecule has 2 heterocycles. The summed E-state index contributed by atoms with van der Waals surface area (Å²) in [6.07, 6.45) is 1.69. The van der Waals surface area contributed by atoms with Crippen molar-refractivity contribution in [1.29, 1.82) is 0 Å². The molecule has 4 rings (SSSR count). The van der Waals surface area contributed by atoms with Crippen LogP contribution in [0.5, 0.6) is 0 Å². The van der Waals surface area contributed by atoms with Gasteiger partial charge in [-0.2, -0.15) is 0 Å². The minimum absolute atomic E-state index is 0.257. The Labute approximate surface area is 157 Å². The zero-order chi connectivity index (χ0) is 18.1. The lowest BCUT2D eigenvalue weighted by Crippen LogP contribution is -2.51. The summed E-state index contributed by atoms with van der Waals surface area (Å²) in [7, 11) is 0. The zero-order valence-electron chi connectivity index (χ0n) is 14.5. The Bertz CT molecular complexity index is 1060. The molecule has 3 nitrogen and oxygen atoms in total. The van der Waals surface area contributed by atoms with Crippen molar-refractivity contribution < 1.29 is 5.73 Å². The molecule has 2 aromatic carbocycles. The molecule has 4 heteroatoms. The topological polar surface area (TPSA) is 53.4 Å². The standard InChI is InChI=1S/C22H18ClN3/c1-14(24)15-7-9-17(10-8-15)21-18(16-5-3-2-4-6-16)13-19-20(26-21)11-12-25-22(19)23/h2-14H,24H2,1H3/p+1/t14-/m1/s1. The molecule has 1 atom stereocenters. The lowest BCUT2D eigenvalue weighted by atomic mass is 9.96. The summed E-state index contributed by atoms with van der Waals surface area (Å²) in [5.41, 5.74) is 10.3. The molecule has 0 radical (unpaired) electrons. The van der Waals surface area contributed by atoms with Crippen molar-refractivity contribution >= 4 is 22.5 Å². The third kappa shape index (κ3) is 3.07. The van der Waals surface area contributed by atoms with E-state index in [1.807, 2.05) is 24.3 Å². The molecular formula is C22H19ClN3+. The van der Waals surface area contributed by atoms with Gasteiger partial charge >= 0.3 is 0 Å². The van der Waals surface area contributed by atoms with E-state index >= 15 is 0 Å². The first kappa shape index (κ1) is 16.7. The minimum atomic E-state index is 0.257. The number of quaternary nitrogens is 1. The van der Waals surface area contributed by atoms with Gasteiger partial charge in [-0.3, -0.25) is 0 Å². The maximum absolute atomic E-state index is 6.31. The first-order valence-electron chi connectivity index (χ1n) is 8.57. The minimum Gasteiger partial charge on any atom is -0.352 e. The third-order valence-corrected chi connectivity index (χ3v) is 4.83. The van der Waals surface area contributed by atoms with Crippen LogP contribution < -0.4 is 5.73 Å². The molecule has 0 spiro atoms. The van der Waals surface area contributed by atoms with Crippen LogP contribution in [0.15, 0.2) is 72.9 Å². The highest BCUT2D eigenvalue weighted by Gasteiger charge is 2.14. The monoisotopic (exact) mass is 360 g/mol. The second-order valence-corrected chi connectivity index (χ2v) is 6.80. The molecule has 4 aromatic rings. The Morgan fingerprint density at radius 1 is 0.923 bits per heavy atom. The summed E-state index contributed by atoms with van der Waals surface area (Å²) >= 11 is 6.31. The van der Waals surface area contributed by atoms with E-state index < -0.39 is 0 Å². The van der Waals surface area contributed by atoms with Crippen LogP contribution in [0.25, 0.3) is 33.3 Å². The molecule has 0 fully saturated rings. The van der Waals surface area contributed by atoms with E-state index in [1.54, 1.807) is 6.20 Å². The molecule has 128 valence electrons. The summed E-state index contributed by atoms with van der Waals surface area (Å²) < 4.78 is 0. The first-order valence-corrected chi connectivity index (χ1v) is 8.95. The number of benzene rings is 2. The molecule has 0 unspecified atom stereocenters. The normalized spacial score (nSPS) is 12.3. The fourth-order valence-electron chi connectivity index (χ4n) is 3.09. The van der Waals surface area contributed by atoms with Crippen LogP contribution in [0.3, 0.4) is 0 Å². The number of halogens is 1. The van der Waals surface area contributed by atoms with Gasteiger partial charge in [-0.15, -0.1) is 0 Å². The van der Waals surface area contributed by atoms with E-state index in [1.165, 1.54) is 5.56 Å². The second kappa shape index (κ2) is 6.87. The summed E-state index contributed by atoms with van der Waals surface area (Å²) in [5.74, 6) is 0. The van der Waals surface area contributed by atoms with Gasteiger partial charge < -0.3 is 5.73 Å². The molecule has 0 aliphatic carbocycles. The number of hydrogen-bond acceptors (Lipinski definition) is 2. The van der Waals surface area contributed by atoms with Crippen molar-refractivity contribution in [3.8, 4) is 22.4 Å². The Kier molecular flexibility index (Phi) is 4.41. The molecule has 0 saturated carbocycles. The van der Waals surface area contributed by atoms with E-state index in [0.717, 1.165) is 33.3 Å². The SMILES string of the molecule is C[C@@H]([NH3+])c1ccc(-c2nc3ccnc(Cl)c3cc2-c2ccccc2)cc1. The molecule has 0 bridgehead atoms. The third-order valence-electron chi connectivity index (χ3n) is 4.53. The predicted octanol–water partition coefficient (Wildman–Crippen LogP) is 4.92. The number of rotatable bonds is 3. The average molecular weight is 361 g/mol. The largest absolute Gasteiger partial charge is 0.352 e. The van der Waals surface area contributed by atoms with Crippen molar-refractivity contribution in [3.05, 3.63) is 83.6 Å². The van der Waals surface area contributed by atoms with Gasteiger partial charge in [0.05, 0.1) is 11.2 Å². The lowest BCUT2D eigenvalue weighted by molar-refractivity contribution is -0.420. The van der Waals surface area contributed by atoms with Crippen molar-refractivity contribution in [2.75, 3.05) is 0 Å². The van der Waals surface area contributed by atoms with Gasteiger partial charge in [-0.05, 0) is 24.6 Å². The number of pyridine rings is 2. The van der Waals surface area contributed by atoms with Gasteiger partial charge in [0.1, 0.15) is 11.2 Å². The number of nitrogens with zero attached hydrogens (tertiary/aromatic N) is 2. The fraction of sp³-hybridized carbons (Fsp3) is 0.0909. The van der Waals surface area contributed by atoms with Gasteiger partial charge in [-0.25, -0.2) is 9.97 Å². The van der Waals surface area contributed by atoms with E-state index in [0.29, 0.717) is 5.15 Å². The molecule has 26 heavy (non-hydrogen) atoms. The Hall–Kier alpha value is -2.75. The Balaban J connectivity index is 1.97. The van der Waals surface area contributed by atoms with Crippen LogP contribution in [0.4, 0.5) is 0 Å². The van der Waals surface area contributed by atoms with E-state index in [4.69, 9.17) is 16.6 Å². The quantitative estimate of drug-likeness (QED) is 0.527. The molecule has 0 amide bonds.